The molecule has 1 atom stereocenters. The maximum absolute atomic E-state index is 13.5. The van der Waals surface area contributed by atoms with Crippen LogP contribution in [-0.4, -0.2) is 13.9 Å². The fourth-order valence-electron chi connectivity index (χ4n) is 2.42. The van der Waals surface area contributed by atoms with E-state index in [2.05, 4.69) is 0 Å². The van der Waals surface area contributed by atoms with Gasteiger partial charge in [-0.25, -0.2) is 17.2 Å². The molecule has 2 aromatic carbocycles. The van der Waals surface area contributed by atoms with Gasteiger partial charge >= 0.3 is 0 Å². The maximum Gasteiger partial charge on any atom is 0.210 e. The van der Waals surface area contributed by atoms with Crippen LogP contribution in [0, 0.1) is 12.7 Å². The highest BCUT2D eigenvalue weighted by molar-refractivity contribution is 7.92. The molecule has 2 aromatic rings. The van der Waals surface area contributed by atoms with E-state index in [0.717, 1.165) is 13.0 Å². The molecule has 0 aliphatic heterocycles. The second kappa shape index (κ2) is 7.07. The molecule has 130 valence electrons. The molecule has 0 saturated heterocycles. The van der Waals surface area contributed by atoms with Gasteiger partial charge in [-0.3, -0.25) is 0 Å². The van der Waals surface area contributed by atoms with Gasteiger partial charge in [-0.1, -0.05) is 18.5 Å². The Labute approximate surface area is 145 Å². The number of halogens is 3. The lowest BCUT2D eigenvalue weighted by Crippen LogP contribution is -2.15. The Morgan fingerprint density at radius 2 is 1.92 bits per heavy atom. The van der Waals surface area contributed by atoms with Crippen LogP contribution in [0.25, 0.3) is 0 Å². The van der Waals surface area contributed by atoms with E-state index >= 15 is 0 Å². The van der Waals surface area contributed by atoms with E-state index in [0.29, 0.717) is 23.3 Å². The van der Waals surface area contributed by atoms with Crippen molar-refractivity contribution in [3.63, 3.8) is 0 Å². The van der Waals surface area contributed by atoms with Gasteiger partial charge in [-0.2, -0.15) is 0 Å². The van der Waals surface area contributed by atoms with Crippen LogP contribution in [0.2, 0.25) is 5.02 Å². The van der Waals surface area contributed by atoms with Crippen LogP contribution in [0.1, 0.15) is 25.0 Å². The fraction of sp³-hybridized carbons (Fsp3) is 0.294. The molecule has 0 amide bonds. The third-order valence-electron chi connectivity index (χ3n) is 3.66. The molecule has 2 rings (SSSR count). The summed E-state index contributed by atoms with van der Waals surface area (Å²) in [4.78, 5) is -0.0536. The van der Waals surface area contributed by atoms with Crippen LogP contribution >= 0.6 is 11.6 Å². The highest BCUT2D eigenvalue weighted by atomic mass is 35.5. The minimum absolute atomic E-state index is 0.0536. The summed E-state index contributed by atoms with van der Waals surface area (Å²) in [6, 6.07) is 6.52. The van der Waals surface area contributed by atoms with E-state index in [1.807, 2.05) is 0 Å². The minimum atomic E-state index is -4.05. The number of ether oxygens (including phenoxy) is 1. The summed E-state index contributed by atoms with van der Waals surface area (Å²) in [5, 5.41) is 0.184. The van der Waals surface area contributed by atoms with Gasteiger partial charge in [0, 0.05) is 11.1 Å². The molecule has 0 aromatic heterocycles. The summed E-state index contributed by atoms with van der Waals surface area (Å²) >= 11 is 5.79. The monoisotopic (exact) mass is 374 g/mol. The Morgan fingerprint density at radius 3 is 2.46 bits per heavy atom. The van der Waals surface area contributed by atoms with Gasteiger partial charge in [0.1, 0.15) is 17.3 Å². The van der Waals surface area contributed by atoms with Crippen molar-refractivity contribution in [1.82, 2.24) is 0 Å². The second-order valence-corrected chi connectivity index (χ2v) is 7.93. The van der Waals surface area contributed by atoms with Crippen molar-refractivity contribution in [2.75, 3.05) is 0 Å². The van der Waals surface area contributed by atoms with Gasteiger partial charge in [-0.05, 0) is 55.7 Å². The Bertz CT molecular complexity index is 844. The van der Waals surface area contributed by atoms with Crippen LogP contribution in [0.3, 0.4) is 0 Å². The molecule has 0 aliphatic carbocycles. The minimum Gasteiger partial charge on any atom is -0.457 e. The van der Waals surface area contributed by atoms with E-state index in [1.54, 1.807) is 13.8 Å². The van der Waals surface area contributed by atoms with Crippen molar-refractivity contribution in [2.24, 2.45) is 0 Å². The van der Waals surface area contributed by atoms with Crippen LogP contribution < -0.4 is 4.74 Å². The Balaban J connectivity index is 2.51. The van der Waals surface area contributed by atoms with Gasteiger partial charge < -0.3 is 4.74 Å². The molecule has 0 spiro atoms. The summed E-state index contributed by atoms with van der Waals surface area (Å²) in [6.07, 6.45) is 0.383. The van der Waals surface area contributed by atoms with E-state index in [-0.39, 0.29) is 15.7 Å². The van der Waals surface area contributed by atoms with Gasteiger partial charge in [-0.15, -0.1) is 0 Å². The van der Waals surface area contributed by atoms with E-state index < -0.39 is 21.2 Å². The number of sulfone groups is 1. The van der Waals surface area contributed by atoms with Crippen molar-refractivity contribution in [3.8, 4) is 11.5 Å². The van der Waals surface area contributed by atoms with Gasteiger partial charge in [0.05, 0.1) is 4.90 Å². The molecule has 0 N–H and O–H groups in total. The number of hydrogen-bond donors (Lipinski definition) is 0. The Kier molecular flexibility index (Phi) is 5.50. The highest BCUT2D eigenvalue weighted by Crippen LogP contribution is 2.34. The predicted molar refractivity (Wildman–Crippen MR) is 89.8 cm³/mol. The third kappa shape index (κ3) is 3.70. The summed E-state index contributed by atoms with van der Waals surface area (Å²) in [7, 11) is -4.05. The van der Waals surface area contributed by atoms with Crippen molar-refractivity contribution in [1.29, 1.82) is 0 Å². The van der Waals surface area contributed by atoms with Crippen molar-refractivity contribution in [2.45, 2.75) is 37.6 Å². The van der Waals surface area contributed by atoms with Crippen LogP contribution in [0.5, 0.6) is 11.5 Å². The average molecular weight is 375 g/mol. The first-order chi connectivity index (χ1) is 11.2. The Morgan fingerprint density at radius 1 is 1.25 bits per heavy atom. The van der Waals surface area contributed by atoms with Crippen LogP contribution in [0.4, 0.5) is 8.78 Å². The quantitative estimate of drug-likeness (QED) is 0.719. The third-order valence-corrected chi connectivity index (χ3v) is 5.73. The molecule has 7 heteroatoms. The maximum atomic E-state index is 13.5. The van der Waals surface area contributed by atoms with Crippen LogP contribution in [0.15, 0.2) is 35.2 Å². The molecule has 0 bridgehead atoms. The lowest BCUT2D eigenvalue weighted by Gasteiger charge is -2.16. The van der Waals surface area contributed by atoms with E-state index in [9.17, 15) is 17.2 Å². The van der Waals surface area contributed by atoms with E-state index in [1.165, 1.54) is 24.3 Å². The van der Waals surface area contributed by atoms with E-state index in [4.69, 9.17) is 16.3 Å². The zero-order valence-electron chi connectivity index (χ0n) is 13.4. The van der Waals surface area contributed by atoms with Crippen molar-refractivity contribution < 1.29 is 21.9 Å². The van der Waals surface area contributed by atoms with Gasteiger partial charge in [0.2, 0.25) is 15.3 Å². The number of hydrogen-bond acceptors (Lipinski definition) is 3. The lowest BCUT2D eigenvalue weighted by atomic mass is 10.1. The molecule has 0 heterocycles. The summed E-state index contributed by atoms with van der Waals surface area (Å²) in [5.74, 6) is 0.00918. The first-order valence-corrected chi connectivity index (χ1v) is 9.23. The normalized spacial score (nSPS) is 12.9. The topological polar surface area (TPSA) is 43.4 Å². The molecule has 0 aliphatic rings. The summed E-state index contributed by atoms with van der Waals surface area (Å²) < 4.78 is 56.8. The molecule has 3 nitrogen and oxygen atoms in total. The number of alkyl halides is 1. The molecular weight excluding hydrogens is 358 g/mol. The summed E-state index contributed by atoms with van der Waals surface area (Å²) in [5.41, 5.74) is -0.977. The van der Waals surface area contributed by atoms with Crippen molar-refractivity contribution >= 4 is 21.4 Å². The van der Waals surface area contributed by atoms with Gasteiger partial charge in [0.25, 0.3) is 0 Å². The molecule has 24 heavy (non-hydrogen) atoms. The first kappa shape index (κ1) is 18.7. The predicted octanol–water partition coefficient (Wildman–Crippen LogP) is 5.23. The molecule has 1 unspecified atom stereocenters. The molecule has 0 radical (unpaired) electrons. The number of rotatable bonds is 5. The first-order valence-electron chi connectivity index (χ1n) is 7.31. The molecule has 0 fully saturated rings. The largest absolute Gasteiger partial charge is 0.457 e. The second-order valence-electron chi connectivity index (χ2n) is 5.31. The number of benzene rings is 2. The van der Waals surface area contributed by atoms with Crippen molar-refractivity contribution in [3.05, 3.63) is 52.3 Å². The van der Waals surface area contributed by atoms with Crippen LogP contribution in [-0.2, 0) is 16.3 Å². The Hall–Kier alpha value is -1.66. The molecule has 0 saturated carbocycles. The zero-order chi connectivity index (χ0) is 18.1. The highest BCUT2D eigenvalue weighted by Gasteiger charge is 2.27. The SMILES string of the molecule is CCc1c(S(=O)(=O)C(C)F)ccc(Oc2cc(F)cc(Cl)c2)c1C. The molecular formula is C17H17ClF2O3S. The standard InChI is InChI=1S/C17H17ClF2O3S/c1-4-15-10(2)16(5-6-17(15)24(21,22)11(3)19)23-14-8-12(18)7-13(20)9-14/h5-9,11H,4H2,1-3H3. The lowest BCUT2D eigenvalue weighted by molar-refractivity contribution is 0.442. The zero-order valence-corrected chi connectivity index (χ0v) is 15.0. The average Bonchev–Trinajstić information content (AvgIpc) is 2.47. The smallest absolute Gasteiger partial charge is 0.210 e. The van der Waals surface area contributed by atoms with Gasteiger partial charge in [0.15, 0.2) is 0 Å². The summed E-state index contributed by atoms with van der Waals surface area (Å²) in [6.45, 7) is 4.44. The fourth-order valence-corrected chi connectivity index (χ4v) is 3.88.